The summed E-state index contributed by atoms with van der Waals surface area (Å²) in [5.74, 6) is 1.31. The number of hydrogen-bond donors (Lipinski definition) is 1. The van der Waals surface area contributed by atoms with Crippen molar-refractivity contribution in [3.05, 3.63) is 29.3 Å². The van der Waals surface area contributed by atoms with Crippen molar-refractivity contribution >= 4 is 0 Å². The Labute approximate surface area is 109 Å². The van der Waals surface area contributed by atoms with Gasteiger partial charge < -0.3 is 4.74 Å². The van der Waals surface area contributed by atoms with Crippen LogP contribution in [0.3, 0.4) is 0 Å². The number of benzene rings is 1. The van der Waals surface area contributed by atoms with Crippen LogP contribution < -0.4 is 10.1 Å². The molecule has 1 aliphatic carbocycles. The lowest BCUT2D eigenvalue weighted by Gasteiger charge is -2.26. The van der Waals surface area contributed by atoms with Crippen LogP contribution in [0.2, 0.25) is 0 Å². The van der Waals surface area contributed by atoms with E-state index in [0.29, 0.717) is 12.5 Å². The van der Waals surface area contributed by atoms with Gasteiger partial charge in [-0.2, -0.15) is 5.26 Å². The molecule has 1 aromatic rings. The minimum atomic E-state index is -0.532. The summed E-state index contributed by atoms with van der Waals surface area (Å²) >= 11 is 0. The molecule has 1 N–H and O–H groups in total. The normalized spacial score (nSPS) is 17.9. The molecule has 1 aromatic carbocycles. The van der Waals surface area contributed by atoms with Crippen LogP contribution in [0.4, 0.5) is 0 Å². The van der Waals surface area contributed by atoms with Crippen molar-refractivity contribution in [1.82, 2.24) is 5.32 Å². The molecule has 1 unspecified atom stereocenters. The zero-order chi connectivity index (χ0) is 13.2. The van der Waals surface area contributed by atoms with E-state index in [1.54, 1.807) is 0 Å². The van der Waals surface area contributed by atoms with Gasteiger partial charge in [-0.1, -0.05) is 12.1 Å². The highest BCUT2D eigenvalue weighted by atomic mass is 16.5. The van der Waals surface area contributed by atoms with Crippen LogP contribution in [0.25, 0.3) is 0 Å². The number of nitriles is 1. The number of nitrogens with zero attached hydrogens (tertiary/aromatic N) is 1. The molecule has 18 heavy (non-hydrogen) atoms. The molecule has 0 saturated heterocycles. The summed E-state index contributed by atoms with van der Waals surface area (Å²) in [6, 6.07) is 8.54. The van der Waals surface area contributed by atoms with Crippen molar-refractivity contribution in [2.24, 2.45) is 5.92 Å². The third kappa shape index (κ3) is 2.49. The molecule has 0 heterocycles. The molecule has 0 bridgehead atoms. The number of rotatable bonds is 5. The Hall–Kier alpha value is -1.53. The van der Waals surface area contributed by atoms with Gasteiger partial charge in [0, 0.05) is 0 Å². The van der Waals surface area contributed by atoms with Crippen LogP contribution >= 0.6 is 0 Å². The number of ether oxygens (including phenoxy) is 1. The fourth-order valence-electron chi connectivity index (χ4n) is 2.20. The Kier molecular flexibility index (Phi) is 3.58. The van der Waals surface area contributed by atoms with Gasteiger partial charge in [0.05, 0.1) is 6.07 Å². The number of nitrogens with one attached hydrogen (secondary N) is 1. The first kappa shape index (κ1) is 12.9. The molecule has 1 atom stereocenters. The maximum Gasteiger partial charge on any atom is 0.143 e. The molecule has 0 aromatic heterocycles. The van der Waals surface area contributed by atoms with Crippen LogP contribution in [0.15, 0.2) is 18.2 Å². The minimum absolute atomic E-state index is 0.412. The average Bonchev–Trinajstić information content (AvgIpc) is 3.20. The summed E-state index contributed by atoms with van der Waals surface area (Å²) in [4.78, 5) is 0. The van der Waals surface area contributed by atoms with E-state index in [4.69, 9.17) is 4.74 Å². The van der Waals surface area contributed by atoms with Gasteiger partial charge in [0.15, 0.2) is 0 Å². The topological polar surface area (TPSA) is 45.0 Å². The maximum atomic E-state index is 9.40. The van der Waals surface area contributed by atoms with E-state index in [1.165, 1.54) is 5.56 Å². The van der Waals surface area contributed by atoms with E-state index in [1.807, 2.05) is 27.0 Å². The predicted molar refractivity (Wildman–Crippen MR) is 71.5 cm³/mol. The quantitative estimate of drug-likeness (QED) is 0.865. The van der Waals surface area contributed by atoms with E-state index in [9.17, 15) is 5.26 Å². The zero-order valence-electron chi connectivity index (χ0n) is 11.3. The fraction of sp³-hybridized carbons (Fsp3) is 0.533. The summed E-state index contributed by atoms with van der Waals surface area (Å²) in [5.41, 5.74) is 1.75. The molecule has 1 fully saturated rings. The summed E-state index contributed by atoms with van der Waals surface area (Å²) in [6.07, 6.45) is 2.23. The van der Waals surface area contributed by atoms with Gasteiger partial charge in [-0.25, -0.2) is 0 Å². The highest BCUT2D eigenvalue weighted by Gasteiger charge is 2.45. The SMILES string of the molecule is CNC(C#N)(COc1cc(C)ccc1C)C1CC1. The summed E-state index contributed by atoms with van der Waals surface area (Å²) in [7, 11) is 1.84. The zero-order valence-corrected chi connectivity index (χ0v) is 11.3. The minimum Gasteiger partial charge on any atom is -0.490 e. The summed E-state index contributed by atoms with van der Waals surface area (Å²) in [6.45, 7) is 4.48. The van der Waals surface area contributed by atoms with Crippen LogP contribution in [0.1, 0.15) is 24.0 Å². The maximum absolute atomic E-state index is 9.40. The number of likely N-dealkylation sites (N-methyl/N-ethyl adjacent to an activating group) is 1. The second-order valence-corrected chi connectivity index (χ2v) is 5.17. The Bertz CT molecular complexity index is 474. The smallest absolute Gasteiger partial charge is 0.143 e. The Morgan fingerprint density at radius 3 is 2.72 bits per heavy atom. The van der Waals surface area contributed by atoms with Crippen LogP contribution in [-0.4, -0.2) is 19.2 Å². The van der Waals surface area contributed by atoms with Gasteiger partial charge in [-0.3, -0.25) is 5.32 Å². The van der Waals surface area contributed by atoms with Crippen molar-refractivity contribution in [3.8, 4) is 11.8 Å². The van der Waals surface area contributed by atoms with Crippen molar-refractivity contribution in [3.63, 3.8) is 0 Å². The molecular weight excluding hydrogens is 224 g/mol. The third-order valence-electron chi connectivity index (χ3n) is 3.72. The molecule has 0 aliphatic heterocycles. The highest BCUT2D eigenvalue weighted by Crippen LogP contribution is 2.39. The monoisotopic (exact) mass is 244 g/mol. The Morgan fingerprint density at radius 2 is 2.17 bits per heavy atom. The molecule has 0 spiro atoms. The molecule has 2 rings (SSSR count). The van der Waals surface area contributed by atoms with Gasteiger partial charge >= 0.3 is 0 Å². The summed E-state index contributed by atoms with van der Waals surface area (Å²) in [5, 5.41) is 12.5. The second-order valence-electron chi connectivity index (χ2n) is 5.17. The molecule has 0 amide bonds. The van der Waals surface area contributed by atoms with Gasteiger partial charge in [0.2, 0.25) is 0 Å². The number of hydrogen-bond acceptors (Lipinski definition) is 3. The lowest BCUT2D eigenvalue weighted by Crippen LogP contribution is -2.49. The highest BCUT2D eigenvalue weighted by molar-refractivity contribution is 5.36. The van der Waals surface area contributed by atoms with Crippen LogP contribution in [0.5, 0.6) is 5.75 Å². The van der Waals surface area contributed by atoms with Crippen molar-refractivity contribution in [1.29, 1.82) is 5.26 Å². The molecule has 0 radical (unpaired) electrons. The molecule has 1 aliphatic rings. The van der Waals surface area contributed by atoms with E-state index >= 15 is 0 Å². The molecular formula is C15H20N2O. The van der Waals surface area contributed by atoms with Crippen molar-refractivity contribution in [2.45, 2.75) is 32.2 Å². The van der Waals surface area contributed by atoms with Gasteiger partial charge in [-0.05, 0) is 56.8 Å². The van der Waals surface area contributed by atoms with Gasteiger partial charge in [-0.15, -0.1) is 0 Å². The van der Waals surface area contributed by atoms with Gasteiger partial charge in [0.25, 0.3) is 0 Å². The van der Waals surface area contributed by atoms with Gasteiger partial charge in [0.1, 0.15) is 17.9 Å². The lowest BCUT2D eigenvalue weighted by atomic mass is 9.96. The lowest BCUT2D eigenvalue weighted by molar-refractivity contribution is 0.209. The van der Waals surface area contributed by atoms with E-state index in [-0.39, 0.29) is 0 Å². The first-order chi connectivity index (χ1) is 8.61. The second kappa shape index (κ2) is 4.99. The first-order valence-corrected chi connectivity index (χ1v) is 6.41. The Balaban J connectivity index is 2.10. The third-order valence-corrected chi connectivity index (χ3v) is 3.72. The van der Waals surface area contributed by atoms with Crippen LogP contribution in [0, 0.1) is 31.1 Å². The van der Waals surface area contributed by atoms with E-state index in [0.717, 1.165) is 24.2 Å². The molecule has 96 valence electrons. The largest absolute Gasteiger partial charge is 0.490 e. The van der Waals surface area contributed by atoms with Crippen molar-refractivity contribution < 1.29 is 4.74 Å². The van der Waals surface area contributed by atoms with Crippen molar-refractivity contribution in [2.75, 3.05) is 13.7 Å². The number of aryl methyl sites for hydroxylation is 2. The first-order valence-electron chi connectivity index (χ1n) is 6.41. The molecule has 3 heteroatoms. The Morgan fingerprint density at radius 1 is 1.44 bits per heavy atom. The van der Waals surface area contributed by atoms with E-state index < -0.39 is 5.54 Å². The molecule has 1 saturated carbocycles. The van der Waals surface area contributed by atoms with E-state index in [2.05, 4.69) is 23.5 Å². The standard InChI is InChI=1S/C15H20N2O/c1-11-4-5-12(2)14(8-11)18-10-15(9-16,17-3)13-6-7-13/h4-5,8,13,17H,6-7,10H2,1-3H3. The molecule has 3 nitrogen and oxygen atoms in total. The van der Waals surface area contributed by atoms with Crippen LogP contribution in [-0.2, 0) is 0 Å². The average molecular weight is 244 g/mol. The summed E-state index contributed by atoms with van der Waals surface area (Å²) < 4.78 is 5.88. The fourth-order valence-corrected chi connectivity index (χ4v) is 2.20. The predicted octanol–water partition coefficient (Wildman–Crippen LogP) is 2.57.